The van der Waals surface area contributed by atoms with Gasteiger partial charge in [0.1, 0.15) is 5.82 Å². The Balaban J connectivity index is 2.53. The van der Waals surface area contributed by atoms with E-state index in [1.165, 1.54) is 5.56 Å². The van der Waals surface area contributed by atoms with E-state index < -0.39 is 0 Å². The number of nitrogen functional groups attached to an aromatic ring is 1. The summed E-state index contributed by atoms with van der Waals surface area (Å²) in [7, 11) is 0. The van der Waals surface area contributed by atoms with E-state index in [2.05, 4.69) is 9.98 Å². The minimum Gasteiger partial charge on any atom is -0.384 e. The zero-order valence-corrected chi connectivity index (χ0v) is 6.57. The zero-order chi connectivity index (χ0) is 8.39. The maximum absolute atomic E-state index is 5.54. The highest BCUT2D eigenvalue weighted by Gasteiger charge is 2.02. The Morgan fingerprint density at radius 2 is 2.25 bits per heavy atom. The number of aromatic nitrogens is 1. The van der Waals surface area contributed by atoms with Gasteiger partial charge in [0.15, 0.2) is 0 Å². The van der Waals surface area contributed by atoms with Gasteiger partial charge in [-0.05, 0) is 18.1 Å². The molecule has 1 aliphatic heterocycles. The van der Waals surface area contributed by atoms with Crippen LogP contribution in [0.2, 0.25) is 0 Å². The average molecular weight is 159 g/mol. The van der Waals surface area contributed by atoms with Gasteiger partial charge < -0.3 is 5.73 Å². The molecule has 0 atom stereocenters. The molecule has 1 aromatic heterocycles. The summed E-state index contributed by atoms with van der Waals surface area (Å²) in [5, 5.41) is 0. The van der Waals surface area contributed by atoms with Crippen LogP contribution >= 0.6 is 0 Å². The minimum absolute atomic E-state index is 0.544. The van der Waals surface area contributed by atoms with Gasteiger partial charge in [-0.2, -0.15) is 0 Å². The first kappa shape index (κ1) is 7.03. The number of pyridine rings is 1. The molecule has 0 radical (unpaired) electrons. The van der Waals surface area contributed by atoms with Gasteiger partial charge in [0.05, 0.1) is 11.9 Å². The highest BCUT2D eigenvalue weighted by molar-refractivity contribution is 5.80. The summed E-state index contributed by atoms with van der Waals surface area (Å²) < 4.78 is 0. The third-order valence-corrected chi connectivity index (χ3v) is 1.76. The molecule has 2 rings (SSSR count). The highest BCUT2D eigenvalue weighted by atomic mass is 14.9. The van der Waals surface area contributed by atoms with Gasteiger partial charge in [0.25, 0.3) is 0 Å². The molecule has 1 aromatic rings. The molecule has 0 saturated carbocycles. The van der Waals surface area contributed by atoms with Gasteiger partial charge in [-0.25, -0.2) is 4.98 Å². The van der Waals surface area contributed by atoms with Crippen LogP contribution in [0.4, 0.5) is 5.82 Å². The lowest BCUT2D eigenvalue weighted by atomic mass is 10.1. The van der Waals surface area contributed by atoms with Crippen molar-refractivity contribution in [1.82, 2.24) is 4.98 Å². The predicted octanol–water partition coefficient (Wildman–Crippen LogP) is 1.15. The third kappa shape index (κ3) is 1.21. The molecule has 0 amide bonds. The number of anilines is 1. The van der Waals surface area contributed by atoms with Crippen molar-refractivity contribution in [2.24, 2.45) is 4.99 Å². The van der Waals surface area contributed by atoms with Gasteiger partial charge in [-0.3, -0.25) is 4.99 Å². The normalized spacial score (nSPS) is 14.0. The van der Waals surface area contributed by atoms with Gasteiger partial charge >= 0.3 is 0 Å². The molecular formula is C9H9N3. The molecule has 0 spiro atoms. The second kappa shape index (κ2) is 2.77. The molecule has 0 unspecified atom stereocenters. The van der Waals surface area contributed by atoms with Crippen molar-refractivity contribution >= 4 is 12.0 Å². The van der Waals surface area contributed by atoms with E-state index in [0.717, 1.165) is 12.1 Å². The lowest BCUT2D eigenvalue weighted by Crippen LogP contribution is -1.98. The molecule has 2 N–H and O–H groups in total. The molecule has 3 heteroatoms. The summed E-state index contributed by atoms with van der Waals surface area (Å²) >= 11 is 0. The van der Waals surface area contributed by atoms with E-state index in [-0.39, 0.29) is 0 Å². The number of nitrogens with zero attached hydrogens (tertiary/aromatic N) is 2. The topological polar surface area (TPSA) is 51.3 Å². The standard InChI is InChI=1S/C9H9N3/c10-9-4-3-7-2-1-5-11-6-8(7)12-9/h1,3-6H,2H2,(H2,10,12). The van der Waals surface area contributed by atoms with Crippen molar-refractivity contribution in [2.75, 3.05) is 5.73 Å². The van der Waals surface area contributed by atoms with E-state index >= 15 is 0 Å². The summed E-state index contributed by atoms with van der Waals surface area (Å²) in [6, 6.07) is 3.80. The van der Waals surface area contributed by atoms with Crippen LogP contribution in [0.1, 0.15) is 11.3 Å². The Morgan fingerprint density at radius 3 is 3.17 bits per heavy atom. The number of rotatable bonds is 0. The largest absolute Gasteiger partial charge is 0.384 e. The van der Waals surface area contributed by atoms with Crippen molar-refractivity contribution < 1.29 is 0 Å². The average Bonchev–Trinajstić information content (AvgIpc) is 2.28. The molecule has 0 fully saturated rings. The quantitative estimate of drug-likeness (QED) is 0.617. The van der Waals surface area contributed by atoms with Crippen molar-refractivity contribution in [3.05, 3.63) is 35.7 Å². The fraction of sp³-hybridized carbons (Fsp3) is 0.111. The van der Waals surface area contributed by atoms with Crippen LogP contribution in [0.5, 0.6) is 0 Å². The summed E-state index contributed by atoms with van der Waals surface area (Å²) in [6.07, 6.45) is 6.38. The molecule has 0 aromatic carbocycles. The fourth-order valence-corrected chi connectivity index (χ4v) is 1.16. The van der Waals surface area contributed by atoms with Crippen LogP contribution in [-0.4, -0.2) is 11.2 Å². The van der Waals surface area contributed by atoms with Crippen LogP contribution in [0.15, 0.2) is 29.4 Å². The van der Waals surface area contributed by atoms with Crippen LogP contribution in [0.25, 0.3) is 0 Å². The molecule has 60 valence electrons. The van der Waals surface area contributed by atoms with Gasteiger partial charge in [-0.15, -0.1) is 0 Å². The number of nitrogens with two attached hydrogens (primary N) is 1. The Morgan fingerprint density at radius 1 is 1.33 bits per heavy atom. The SMILES string of the molecule is Nc1ccc2c(n1)C=NC=CC2. The number of hydrogen-bond donors (Lipinski definition) is 1. The number of hydrogen-bond acceptors (Lipinski definition) is 3. The van der Waals surface area contributed by atoms with Gasteiger partial charge in [0, 0.05) is 6.20 Å². The first-order valence-corrected chi connectivity index (χ1v) is 3.80. The first-order chi connectivity index (χ1) is 5.86. The van der Waals surface area contributed by atoms with Gasteiger partial charge in [-0.1, -0.05) is 12.1 Å². The molecular weight excluding hydrogens is 150 g/mol. The molecule has 0 bridgehead atoms. The third-order valence-electron chi connectivity index (χ3n) is 1.76. The monoisotopic (exact) mass is 159 g/mol. The van der Waals surface area contributed by atoms with E-state index in [9.17, 15) is 0 Å². The smallest absolute Gasteiger partial charge is 0.124 e. The molecule has 2 heterocycles. The second-order valence-electron chi connectivity index (χ2n) is 2.65. The van der Waals surface area contributed by atoms with E-state index in [1.807, 2.05) is 18.2 Å². The van der Waals surface area contributed by atoms with Crippen LogP contribution in [0, 0.1) is 0 Å². The van der Waals surface area contributed by atoms with Crippen molar-refractivity contribution in [3.8, 4) is 0 Å². The number of aliphatic imine (C=N–C) groups is 1. The van der Waals surface area contributed by atoms with Crippen LogP contribution in [-0.2, 0) is 6.42 Å². The number of fused-ring (bicyclic) bond motifs is 1. The molecule has 1 aliphatic rings. The summed E-state index contributed by atoms with van der Waals surface area (Å²) in [6.45, 7) is 0. The lowest BCUT2D eigenvalue weighted by Gasteiger charge is -2.00. The second-order valence-corrected chi connectivity index (χ2v) is 2.65. The Bertz CT molecular complexity index is 353. The van der Waals surface area contributed by atoms with Gasteiger partial charge in [0.2, 0.25) is 0 Å². The molecule has 0 saturated heterocycles. The predicted molar refractivity (Wildman–Crippen MR) is 49.1 cm³/mol. The maximum Gasteiger partial charge on any atom is 0.124 e. The Labute approximate surface area is 70.7 Å². The van der Waals surface area contributed by atoms with Crippen LogP contribution < -0.4 is 5.73 Å². The summed E-state index contributed by atoms with van der Waals surface area (Å²) in [4.78, 5) is 8.19. The maximum atomic E-state index is 5.54. The van der Waals surface area contributed by atoms with Crippen molar-refractivity contribution in [2.45, 2.75) is 6.42 Å². The molecule has 12 heavy (non-hydrogen) atoms. The summed E-state index contributed by atoms with van der Waals surface area (Å²) in [5.41, 5.74) is 7.58. The minimum atomic E-state index is 0.544. The van der Waals surface area contributed by atoms with E-state index in [1.54, 1.807) is 12.4 Å². The fourth-order valence-electron chi connectivity index (χ4n) is 1.16. The van der Waals surface area contributed by atoms with Crippen molar-refractivity contribution in [1.29, 1.82) is 0 Å². The van der Waals surface area contributed by atoms with Crippen LogP contribution in [0.3, 0.4) is 0 Å². The zero-order valence-electron chi connectivity index (χ0n) is 6.57. The summed E-state index contributed by atoms with van der Waals surface area (Å²) in [5.74, 6) is 0.544. The first-order valence-electron chi connectivity index (χ1n) is 3.80. The van der Waals surface area contributed by atoms with Crippen molar-refractivity contribution in [3.63, 3.8) is 0 Å². The molecule has 0 aliphatic carbocycles. The Hall–Kier alpha value is -1.64. The highest BCUT2D eigenvalue weighted by Crippen LogP contribution is 2.10. The number of allylic oxidation sites excluding steroid dienone is 1. The lowest BCUT2D eigenvalue weighted by molar-refractivity contribution is 1.19. The van der Waals surface area contributed by atoms with E-state index in [0.29, 0.717) is 5.82 Å². The Kier molecular flexibility index (Phi) is 1.63. The molecule has 3 nitrogen and oxygen atoms in total. The van der Waals surface area contributed by atoms with E-state index in [4.69, 9.17) is 5.73 Å².